The highest BCUT2D eigenvalue weighted by atomic mass is 16.7. The molecule has 0 aromatic heterocycles. The van der Waals surface area contributed by atoms with Crippen LogP contribution >= 0.6 is 0 Å². The third kappa shape index (κ3) is 47.1. The second-order valence-corrected chi connectivity index (χ2v) is 22.2. The number of ether oxygens (including phenoxy) is 2. The van der Waals surface area contributed by atoms with Crippen molar-refractivity contribution in [1.82, 2.24) is 5.32 Å². The Labute approximate surface area is 490 Å². The van der Waals surface area contributed by atoms with Crippen LogP contribution in [0.4, 0.5) is 0 Å². The minimum absolute atomic E-state index is 0.190. The highest BCUT2D eigenvalue weighted by Crippen LogP contribution is 2.23. The van der Waals surface area contributed by atoms with Gasteiger partial charge in [0, 0.05) is 6.42 Å². The molecule has 1 aliphatic rings. The average Bonchev–Trinajstić information content (AvgIpc) is 3.46. The van der Waals surface area contributed by atoms with Crippen molar-refractivity contribution < 1.29 is 39.8 Å². The van der Waals surface area contributed by atoms with Crippen LogP contribution in [0.25, 0.3) is 0 Å². The van der Waals surface area contributed by atoms with Crippen molar-refractivity contribution in [3.63, 3.8) is 0 Å². The van der Waals surface area contributed by atoms with Gasteiger partial charge in [-0.3, -0.25) is 4.79 Å². The average molecular weight is 1120 g/mol. The van der Waals surface area contributed by atoms with Crippen LogP contribution < -0.4 is 5.32 Å². The van der Waals surface area contributed by atoms with Crippen LogP contribution in [0, 0.1) is 0 Å². The number of allylic oxidation sites excluding steroid dienone is 19. The third-order valence-corrected chi connectivity index (χ3v) is 14.8. The number of aliphatic hydroxyl groups is 5. The van der Waals surface area contributed by atoms with Crippen molar-refractivity contribution in [2.24, 2.45) is 0 Å². The van der Waals surface area contributed by atoms with Gasteiger partial charge in [0.1, 0.15) is 24.4 Å². The van der Waals surface area contributed by atoms with Gasteiger partial charge in [0.05, 0.1) is 25.4 Å². The molecule has 9 nitrogen and oxygen atoms in total. The Morgan fingerprint density at radius 1 is 0.438 bits per heavy atom. The molecule has 0 bridgehead atoms. The molecule has 0 aromatic rings. The lowest BCUT2D eigenvalue weighted by molar-refractivity contribution is -0.302. The maximum atomic E-state index is 13.1. The minimum atomic E-state index is -1.58. The van der Waals surface area contributed by atoms with E-state index < -0.39 is 49.5 Å². The Bertz CT molecular complexity index is 1670. The van der Waals surface area contributed by atoms with Crippen molar-refractivity contribution in [3.8, 4) is 0 Å². The molecule has 80 heavy (non-hydrogen) atoms. The summed E-state index contributed by atoms with van der Waals surface area (Å²) in [4.78, 5) is 13.1. The van der Waals surface area contributed by atoms with E-state index in [1.54, 1.807) is 6.08 Å². The maximum absolute atomic E-state index is 13.1. The molecule has 6 N–H and O–H groups in total. The van der Waals surface area contributed by atoms with E-state index in [-0.39, 0.29) is 12.5 Å². The van der Waals surface area contributed by atoms with Crippen LogP contribution in [0.2, 0.25) is 0 Å². The van der Waals surface area contributed by atoms with E-state index in [2.05, 4.69) is 129 Å². The van der Waals surface area contributed by atoms with Crippen molar-refractivity contribution in [3.05, 3.63) is 122 Å². The Hall–Kier alpha value is -3.41. The number of carbonyl (C=O) groups excluding carboxylic acids is 1. The summed E-state index contributed by atoms with van der Waals surface area (Å²) in [6.07, 6.45) is 81.4. The number of aliphatic hydroxyl groups excluding tert-OH is 5. The normalized spacial score (nSPS) is 19.3. The molecule has 0 saturated carbocycles. The smallest absolute Gasteiger partial charge is 0.220 e. The predicted molar refractivity (Wildman–Crippen MR) is 340 cm³/mol. The molecule has 1 rings (SSSR count). The molecule has 1 aliphatic heterocycles. The van der Waals surface area contributed by atoms with Crippen LogP contribution in [0.1, 0.15) is 264 Å². The fourth-order valence-electron chi connectivity index (χ4n) is 9.66. The van der Waals surface area contributed by atoms with Gasteiger partial charge in [-0.15, -0.1) is 0 Å². The molecule has 9 heteroatoms. The van der Waals surface area contributed by atoms with E-state index in [0.717, 1.165) is 89.9 Å². The first-order valence-corrected chi connectivity index (χ1v) is 32.8. The molecular weight excluding hydrogens is 995 g/mol. The molecule has 7 unspecified atom stereocenters. The summed E-state index contributed by atoms with van der Waals surface area (Å²) in [6, 6.07) is -0.829. The molecule has 1 amide bonds. The number of carbonyl (C=O) groups is 1. The quantitative estimate of drug-likeness (QED) is 0.0261. The third-order valence-electron chi connectivity index (χ3n) is 14.8. The molecule has 458 valence electrons. The largest absolute Gasteiger partial charge is 0.394 e. The molecule has 0 radical (unpaired) electrons. The Kier molecular flexibility index (Phi) is 54.8. The van der Waals surface area contributed by atoms with Crippen LogP contribution in [0.5, 0.6) is 0 Å². The summed E-state index contributed by atoms with van der Waals surface area (Å²) < 4.78 is 11.3. The van der Waals surface area contributed by atoms with E-state index >= 15 is 0 Å². The number of unbranched alkanes of at least 4 members (excludes halogenated alkanes) is 27. The van der Waals surface area contributed by atoms with Gasteiger partial charge in [0.25, 0.3) is 0 Å². The van der Waals surface area contributed by atoms with Crippen LogP contribution in [-0.4, -0.2) is 87.5 Å². The lowest BCUT2D eigenvalue weighted by atomic mass is 9.99. The van der Waals surface area contributed by atoms with Gasteiger partial charge in [-0.25, -0.2) is 0 Å². The summed E-state index contributed by atoms with van der Waals surface area (Å²) in [5.74, 6) is -0.190. The molecule has 1 fully saturated rings. The number of nitrogens with one attached hydrogen (secondary N) is 1. The summed E-state index contributed by atoms with van der Waals surface area (Å²) in [6.45, 7) is 3.66. The first-order chi connectivity index (χ1) is 39.3. The van der Waals surface area contributed by atoms with Gasteiger partial charge in [-0.05, 0) is 96.3 Å². The first-order valence-electron chi connectivity index (χ1n) is 32.8. The van der Waals surface area contributed by atoms with Crippen molar-refractivity contribution in [2.75, 3.05) is 13.2 Å². The Morgan fingerprint density at radius 3 is 1.20 bits per heavy atom. The molecule has 0 aliphatic carbocycles. The molecule has 7 atom stereocenters. The topological polar surface area (TPSA) is 149 Å². The molecular formula is C71H121NO8. The van der Waals surface area contributed by atoms with E-state index in [4.69, 9.17) is 9.47 Å². The summed E-state index contributed by atoms with van der Waals surface area (Å²) >= 11 is 0. The zero-order valence-electron chi connectivity index (χ0n) is 51.0. The fourth-order valence-corrected chi connectivity index (χ4v) is 9.66. The number of hydrogen-bond donors (Lipinski definition) is 6. The van der Waals surface area contributed by atoms with Crippen LogP contribution in [-0.2, 0) is 14.3 Å². The lowest BCUT2D eigenvalue weighted by Gasteiger charge is -2.40. The first kappa shape index (κ1) is 74.6. The zero-order chi connectivity index (χ0) is 57.9. The SMILES string of the molecule is CC/C=C\C/C=C\C/C=C\C/C=C\C/C=C\C/C=C\C/C=C\C/C=C\CCCCCCCCCCCCCCCCC(=O)NC(COC1OC(CO)C(O)C(O)C1O)C(O)/C=C/CC/C=C/CCCCCCCCCCCCCC. The molecule has 0 spiro atoms. The maximum Gasteiger partial charge on any atom is 0.220 e. The van der Waals surface area contributed by atoms with E-state index in [9.17, 15) is 30.3 Å². The van der Waals surface area contributed by atoms with Gasteiger partial charge in [0.2, 0.25) is 5.91 Å². The van der Waals surface area contributed by atoms with Gasteiger partial charge in [-0.1, -0.05) is 283 Å². The lowest BCUT2D eigenvalue weighted by Crippen LogP contribution is -2.60. The second kappa shape index (κ2) is 58.8. The van der Waals surface area contributed by atoms with E-state index in [1.807, 2.05) is 6.08 Å². The summed E-state index contributed by atoms with van der Waals surface area (Å²) in [5.41, 5.74) is 0. The monoisotopic (exact) mass is 1120 g/mol. The minimum Gasteiger partial charge on any atom is -0.394 e. The van der Waals surface area contributed by atoms with E-state index in [0.29, 0.717) is 6.42 Å². The van der Waals surface area contributed by atoms with Gasteiger partial charge in [-0.2, -0.15) is 0 Å². The Balaban J connectivity index is 2.14. The molecule has 1 saturated heterocycles. The van der Waals surface area contributed by atoms with Crippen molar-refractivity contribution >= 4 is 5.91 Å². The standard InChI is InChI=1S/C71H121NO8/c1-3-5-7-9-11-13-15-17-19-21-23-24-25-26-27-28-29-30-31-32-33-34-35-36-37-38-39-40-41-42-43-45-47-49-51-53-55-57-59-61-67(75)72-64(63-79-71-70(78)69(77)68(76)66(62-73)80-71)65(74)60-58-56-54-52-50-48-46-44-22-20-18-16-14-12-10-8-6-4-2/h5,7,11,13,17,19,23-24,26-27,29-30,32-33,35-36,50,52,58,60,64-66,68-71,73-74,76-78H,3-4,6,8-10,12,14-16,18,20-22,25,28,31,34,37-49,51,53-57,59,61-63H2,1-2H3,(H,72,75)/b7-5-,13-11-,19-17-,24-23-,27-26-,30-29-,33-32-,36-35-,52-50+,60-58+. The van der Waals surface area contributed by atoms with Gasteiger partial charge in [0.15, 0.2) is 6.29 Å². The molecule has 0 aromatic carbocycles. The number of amides is 1. The summed E-state index contributed by atoms with van der Waals surface area (Å²) in [5, 5.41) is 54.6. The molecule has 1 heterocycles. The summed E-state index contributed by atoms with van der Waals surface area (Å²) in [7, 11) is 0. The van der Waals surface area contributed by atoms with E-state index in [1.165, 1.54) is 154 Å². The second-order valence-electron chi connectivity index (χ2n) is 22.2. The highest BCUT2D eigenvalue weighted by molar-refractivity contribution is 5.76. The fraction of sp³-hybridized carbons (Fsp3) is 0.704. The van der Waals surface area contributed by atoms with Crippen LogP contribution in [0.15, 0.2) is 122 Å². The van der Waals surface area contributed by atoms with Crippen molar-refractivity contribution in [1.29, 1.82) is 0 Å². The highest BCUT2D eigenvalue weighted by Gasteiger charge is 2.44. The van der Waals surface area contributed by atoms with Crippen molar-refractivity contribution in [2.45, 2.75) is 307 Å². The van der Waals surface area contributed by atoms with Crippen LogP contribution in [0.3, 0.4) is 0 Å². The Morgan fingerprint density at radius 2 is 0.787 bits per heavy atom. The van der Waals surface area contributed by atoms with Gasteiger partial charge < -0.3 is 40.3 Å². The zero-order valence-corrected chi connectivity index (χ0v) is 51.0. The number of rotatable bonds is 55. The number of hydrogen-bond acceptors (Lipinski definition) is 8. The predicted octanol–water partition coefficient (Wildman–Crippen LogP) is 17.5. The van der Waals surface area contributed by atoms with Gasteiger partial charge >= 0.3 is 0 Å².